The summed E-state index contributed by atoms with van der Waals surface area (Å²) in [5, 5.41) is 3.55. The lowest BCUT2D eigenvalue weighted by atomic mass is 10.1. The Labute approximate surface area is 154 Å². The Hall–Kier alpha value is -3.41. The zero-order valence-corrected chi connectivity index (χ0v) is 14.9. The van der Waals surface area contributed by atoms with Gasteiger partial charge in [-0.3, -0.25) is 4.79 Å². The molecule has 0 bridgehead atoms. The number of carbonyl (C=O) groups excluding carboxylic acids is 1. The lowest BCUT2D eigenvalue weighted by Crippen LogP contribution is -2.24. The number of amides is 1. The number of hydrogen-bond donors (Lipinski definition) is 1. The van der Waals surface area contributed by atoms with Gasteiger partial charge >= 0.3 is 0 Å². The second kappa shape index (κ2) is 6.72. The maximum absolute atomic E-state index is 13.4. The van der Waals surface area contributed by atoms with Gasteiger partial charge < -0.3 is 14.2 Å². The summed E-state index contributed by atoms with van der Waals surface area (Å²) < 4.78 is 24.5. The molecule has 0 unspecified atom stereocenters. The van der Waals surface area contributed by atoms with Crippen molar-refractivity contribution in [2.75, 3.05) is 0 Å². The van der Waals surface area contributed by atoms with Crippen molar-refractivity contribution in [2.45, 2.75) is 20.4 Å². The molecular formula is C21H17FN2O3. The largest absolute Gasteiger partial charge is 0.463 e. The van der Waals surface area contributed by atoms with E-state index < -0.39 is 0 Å². The molecule has 1 aromatic carbocycles. The predicted molar refractivity (Wildman–Crippen MR) is 98.8 cm³/mol. The molecule has 0 aliphatic rings. The lowest BCUT2D eigenvalue weighted by molar-refractivity contribution is 0.0947. The van der Waals surface area contributed by atoms with Crippen molar-refractivity contribution in [3.8, 4) is 11.5 Å². The molecule has 0 radical (unpaired) electrons. The van der Waals surface area contributed by atoms with Crippen molar-refractivity contribution >= 4 is 16.9 Å². The van der Waals surface area contributed by atoms with E-state index in [1.54, 1.807) is 37.5 Å². The molecule has 1 N–H and O–H groups in total. The summed E-state index contributed by atoms with van der Waals surface area (Å²) in [6, 6.07) is 11.4. The number of rotatable bonds is 4. The van der Waals surface area contributed by atoms with Gasteiger partial charge in [0.25, 0.3) is 5.91 Å². The maximum Gasteiger partial charge on any atom is 0.253 e. The van der Waals surface area contributed by atoms with Gasteiger partial charge in [-0.15, -0.1) is 0 Å². The highest BCUT2D eigenvalue weighted by molar-refractivity contribution is 5.95. The van der Waals surface area contributed by atoms with Crippen LogP contribution in [0.4, 0.5) is 4.39 Å². The molecule has 3 aromatic heterocycles. The average molecular weight is 364 g/mol. The Kier molecular flexibility index (Phi) is 4.24. The van der Waals surface area contributed by atoms with Gasteiger partial charge in [-0.25, -0.2) is 9.37 Å². The SMILES string of the molecule is Cc1nc(-c2ccco2)ccc1C(=O)NCc1oc2ccc(F)cc2c1C. The average Bonchev–Trinajstić information content (AvgIpc) is 3.29. The molecule has 0 aliphatic carbocycles. The summed E-state index contributed by atoms with van der Waals surface area (Å²) in [7, 11) is 0. The molecule has 136 valence electrons. The van der Waals surface area contributed by atoms with Crippen LogP contribution in [0.15, 0.2) is 57.6 Å². The predicted octanol–water partition coefficient (Wildman–Crippen LogP) is 4.77. The fraction of sp³-hybridized carbons (Fsp3) is 0.143. The van der Waals surface area contributed by atoms with E-state index in [1.807, 2.05) is 13.0 Å². The van der Waals surface area contributed by atoms with Crippen LogP contribution in [0.2, 0.25) is 0 Å². The third kappa shape index (κ3) is 3.21. The minimum absolute atomic E-state index is 0.209. The number of pyridine rings is 1. The number of nitrogens with zero attached hydrogens (tertiary/aromatic N) is 1. The number of nitrogens with one attached hydrogen (secondary N) is 1. The summed E-state index contributed by atoms with van der Waals surface area (Å²) in [5.41, 5.74) is 3.16. The van der Waals surface area contributed by atoms with E-state index in [0.717, 1.165) is 5.56 Å². The first-order valence-corrected chi connectivity index (χ1v) is 8.50. The fourth-order valence-corrected chi connectivity index (χ4v) is 3.03. The Morgan fingerprint density at radius 3 is 2.78 bits per heavy atom. The highest BCUT2D eigenvalue weighted by Gasteiger charge is 2.15. The van der Waals surface area contributed by atoms with Gasteiger partial charge in [-0.2, -0.15) is 0 Å². The number of aryl methyl sites for hydroxylation is 2. The van der Waals surface area contributed by atoms with Gasteiger partial charge in [0.05, 0.1) is 24.1 Å². The van der Waals surface area contributed by atoms with Crippen LogP contribution in [0.1, 0.15) is 27.4 Å². The molecule has 4 rings (SSSR count). The van der Waals surface area contributed by atoms with Crippen LogP contribution in [0.25, 0.3) is 22.4 Å². The van der Waals surface area contributed by atoms with Gasteiger partial charge in [0.1, 0.15) is 22.9 Å². The number of furan rings is 2. The van der Waals surface area contributed by atoms with Gasteiger partial charge in [-0.05, 0) is 56.3 Å². The van der Waals surface area contributed by atoms with Crippen molar-refractivity contribution in [1.29, 1.82) is 0 Å². The Bertz CT molecular complexity index is 1130. The number of benzene rings is 1. The quantitative estimate of drug-likeness (QED) is 0.566. The summed E-state index contributed by atoms with van der Waals surface area (Å²) >= 11 is 0. The van der Waals surface area contributed by atoms with E-state index in [2.05, 4.69) is 10.3 Å². The van der Waals surface area contributed by atoms with E-state index in [9.17, 15) is 9.18 Å². The van der Waals surface area contributed by atoms with Crippen molar-refractivity contribution < 1.29 is 18.0 Å². The van der Waals surface area contributed by atoms with E-state index in [1.165, 1.54) is 12.1 Å². The smallest absolute Gasteiger partial charge is 0.253 e. The molecule has 1 amide bonds. The van der Waals surface area contributed by atoms with E-state index in [-0.39, 0.29) is 18.3 Å². The van der Waals surface area contributed by atoms with Gasteiger partial charge in [-0.1, -0.05) is 0 Å². The minimum Gasteiger partial charge on any atom is -0.463 e. The minimum atomic E-state index is -0.319. The van der Waals surface area contributed by atoms with E-state index in [0.29, 0.717) is 39.4 Å². The highest BCUT2D eigenvalue weighted by atomic mass is 19.1. The Morgan fingerprint density at radius 1 is 1.19 bits per heavy atom. The second-order valence-electron chi connectivity index (χ2n) is 6.28. The first-order chi connectivity index (χ1) is 13.0. The third-order valence-electron chi connectivity index (χ3n) is 4.51. The van der Waals surface area contributed by atoms with Crippen molar-refractivity contribution in [1.82, 2.24) is 10.3 Å². The zero-order valence-electron chi connectivity index (χ0n) is 14.9. The molecule has 0 saturated heterocycles. The summed E-state index contributed by atoms with van der Waals surface area (Å²) in [6.07, 6.45) is 1.58. The first-order valence-electron chi connectivity index (χ1n) is 8.50. The summed E-state index contributed by atoms with van der Waals surface area (Å²) in [6.45, 7) is 3.83. The fourth-order valence-electron chi connectivity index (χ4n) is 3.03. The monoisotopic (exact) mass is 364 g/mol. The number of hydrogen-bond acceptors (Lipinski definition) is 4. The van der Waals surface area contributed by atoms with Gasteiger partial charge in [0.2, 0.25) is 0 Å². The normalized spacial score (nSPS) is 11.1. The van der Waals surface area contributed by atoms with Crippen molar-refractivity contribution in [3.63, 3.8) is 0 Å². The van der Waals surface area contributed by atoms with Crippen LogP contribution >= 0.6 is 0 Å². The van der Waals surface area contributed by atoms with Crippen LogP contribution in [-0.4, -0.2) is 10.9 Å². The zero-order chi connectivity index (χ0) is 19.0. The molecule has 5 nitrogen and oxygen atoms in total. The molecular weight excluding hydrogens is 347 g/mol. The van der Waals surface area contributed by atoms with Crippen LogP contribution in [0, 0.1) is 19.7 Å². The molecule has 0 saturated carbocycles. The van der Waals surface area contributed by atoms with Crippen LogP contribution in [0.3, 0.4) is 0 Å². The highest BCUT2D eigenvalue weighted by Crippen LogP contribution is 2.26. The second-order valence-corrected chi connectivity index (χ2v) is 6.28. The first kappa shape index (κ1) is 17.0. The van der Waals surface area contributed by atoms with Crippen molar-refractivity contribution in [2.24, 2.45) is 0 Å². The van der Waals surface area contributed by atoms with Crippen molar-refractivity contribution in [3.05, 3.63) is 77.1 Å². The number of halogens is 1. The van der Waals surface area contributed by atoms with Gasteiger partial charge in [0, 0.05) is 10.9 Å². The van der Waals surface area contributed by atoms with E-state index in [4.69, 9.17) is 8.83 Å². The van der Waals surface area contributed by atoms with Crippen LogP contribution < -0.4 is 5.32 Å². The number of carbonyl (C=O) groups is 1. The topological polar surface area (TPSA) is 68.3 Å². The molecule has 4 aromatic rings. The Balaban J connectivity index is 1.52. The summed E-state index contributed by atoms with van der Waals surface area (Å²) in [5.74, 6) is 0.675. The lowest BCUT2D eigenvalue weighted by Gasteiger charge is -2.07. The molecule has 0 fully saturated rings. The molecule has 0 spiro atoms. The van der Waals surface area contributed by atoms with Crippen LogP contribution in [-0.2, 0) is 6.54 Å². The number of aromatic nitrogens is 1. The van der Waals surface area contributed by atoms with E-state index >= 15 is 0 Å². The molecule has 3 heterocycles. The standard InChI is InChI=1S/C21H17FN2O3/c1-12-16-10-14(22)5-8-18(16)27-20(12)11-23-21(25)15-6-7-17(24-13(15)2)19-4-3-9-26-19/h3-10H,11H2,1-2H3,(H,23,25). The van der Waals surface area contributed by atoms with Crippen LogP contribution in [0.5, 0.6) is 0 Å². The third-order valence-corrected chi connectivity index (χ3v) is 4.51. The van der Waals surface area contributed by atoms with Gasteiger partial charge in [0.15, 0.2) is 5.76 Å². The number of fused-ring (bicyclic) bond motifs is 1. The summed E-state index contributed by atoms with van der Waals surface area (Å²) in [4.78, 5) is 17.0. The Morgan fingerprint density at radius 2 is 2.04 bits per heavy atom. The molecule has 6 heteroatoms. The maximum atomic E-state index is 13.4. The molecule has 0 atom stereocenters. The molecule has 0 aliphatic heterocycles. The molecule has 27 heavy (non-hydrogen) atoms.